The third kappa shape index (κ3) is 3.69. The van der Waals surface area contributed by atoms with E-state index in [0.717, 1.165) is 0 Å². The van der Waals surface area contributed by atoms with E-state index in [1.807, 2.05) is 0 Å². The molecule has 0 aliphatic carbocycles. The Labute approximate surface area is 140 Å². The summed E-state index contributed by atoms with van der Waals surface area (Å²) in [5.41, 5.74) is 1.36. The largest absolute Gasteiger partial charge is 0.271 e. The summed E-state index contributed by atoms with van der Waals surface area (Å²) in [6, 6.07) is 32.8. The second-order valence-corrected chi connectivity index (χ2v) is 7.93. The van der Waals surface area contributed by atoms with Crippen molar-refractivity contribution in [1.82, 2.24) is 4.67 Å². The number of hydrogen-bond acceptors (Lipinski definition) is 1. The minimum Gasteiger partial charge on any atom is -0.271 e. The van der Waals surface area contributed by atoms with Crippen molar-refractivity contribution in [3.8, 4) is 0 Å². The van der Waals surface area contributed by atoms with Gasteiger partial charge in [0.2, 0.25) is 0 Å². The summed E-state index contributed by atoms with van der Waals surface area (Å²) >= 11 is 0. The highest BCUT2D eigenvalue weighted by atomic mass is 31.1. The Bertz CT molecular complexity index is 673. The SMILES string of the molecule is CC(c1ccccc1)N(C)P(c1ccccc1)c1ccccc1. The molecular formula is C21H22NP. The average Bonchev–Trinajstić information content (AvgIpc) is 2.64. The van der Waals surface area contributed by atoms with Gasteiger partial charge in [-0.15, -0.1) is 0 Å². The fourth-order valence-electron chi connectivity index (χ4n) is 2.77. The van der Waals surface area contributed by atoms with Gasteiger partial charge in [0.25, 0.3) is 0 Å². The fourth-order valence-corrected chi connectivity index (χ4v) is 5.19. The highest BCUT2D eigenvalue weighted by Gasteiger charge is 2.23. The van der Waals surface area contributed by atoms with Gasteiger partial charge in [0, 0.05) is 14.1 Å². The van der Waals surface area contributed by atoms with Crippen molar-refractivity contribution >= 4 is 18.7 Å². The summed E-state index contributed by atoms with van der Waals surface area (Å²) in [7, 11) is 1.70. The van der Waals surface area contributed by atoms with E-state index in [4.69, 9.17) is 0 Å². The van der Waals surface area contributed by atoms with Gasteiger partial charge in [0.05, 0.1) is 0 Å². The van der Waals surface area contributed by atoms with E-state index in [9.17, 15) is 0 Å². The minimum atomic E-state index is -0.542. The van der Waals surface area contributed by atoms with Crippen LogP contribution in [0.5, 0.6) is 0 Å². The zero-order chi connectivity index (χ0) is 16.1. The molecule has 1 unspecified atom stereocenters. The Morgan fingerprint density at radius 1 is 0.652 bits per heavy atom. The molecule has 0 amide bonds. The van der Waals surface area contributed by atoms with Crippen LogP contribution in [0.4, 0.5) is 0 Å². The quantitative estimate of drug-likeness (QED) is 0.615. The summed E-state index contributed by atoms with van der Waals surface area (Å²) in [5, 5.41) is 2.78. The van der Waals surface area contributed by atoms with Crippen molar-refractivity contribution in [3.05, 3.63) is 96.6 Å². The first-order valence-corrected chi connectivity index (χ1v) is 9.25. The van der Waals surface area contributed by atoms with Gasteiger partial charge in [-0.25, -0.2) is 0 Å². The number of benzene rings is 3. The number of nitrogens with zero attached hydrogens (tertiary/aromatic N) is 1. The summed E-state index contributed by atoms with van der Waals surface area (Å²) in [6.45, 7) is 2.29. The smallest absolute Gasteiger partial charge is 0.0359 e. The molecule has 2 heteroatoms. The predicted molar refractivity (Wildman–Crippen MR) is 102 cm³/mol. The van der Waals surface area contributed by atoms with Crippen molar-refractivity contribution < 1.29 is 0 Å². The summed E-state index contributed by atoms with van der Waals surface area (Å²) in [6.07, 6.45) is 0. The van der Waals surface area contributed by atoms with Gasteiger partial charge < -0.3 is 0 Å². The van der Waals surface area contributed by atoms with Gasteiger partial charge in [-0.3, -0.25) is 4.67 Å². The van der Waals surface area contributed by atoms with Crippen LogP contribution in [0.15, 0.2) is 91.0 Å². The highest BCUT2D eigenvalue weighted by molar-refractivity contribution is 7.70. The third-order valence-corrected chi connectivity index (χ3v) is 6.71. The molecule has 1 atom stereocenters. The molecule has 1 nitrogen and oxygen atoms in total. The Morgan fingerprint density at radius 3 is 1.48 bits per heavy atom. The zero-order valence-electron chi connectivity index (χ0n) is 13.6. The summed E-state index contributed by atoms with van der Waals surface area (Å²) in [4.78, 5) is 0. The molecule has 0 radical (unpaired) electrons. The fraction of sp³-hybridized carbons (Fsp3) is 0.143. The Balaban J connectivity index is 1.98. The Hall–Kier alpha value is -1.95. The van der Waals surface area contributed by atoms with E-state index in [-0.39, 0.29) is 0 Å². The van der Waals surface area contributed by atoms with Gasteiger partial charge in [0.15, 0.2) is 0 Å². The van der Waals surface area contributed by atoms with Gasteiger partial charge in [-0.2, -0.15) is 0 Å². The molecule has 3 rings (SSSR count). The van der Waals surface area contributed by atoms with E-state index in [1.165, 1.54) is 16.2 Å². The van der Waals surface area contributed by atoms with Crippen LogP contribution in [0.2, 0.25) is 0 Å². The second kappa shape index (κ2) is 7.55. The van der Waals surface area contributed by atoms with Crippen LogP contribution in [0.3, 0.4) is 0 Å². The monoisotopic (exact) mass is 319 g/mol. The molecule has 0 aliphatic heterocycles. The van der Waals surface area contributed by atoms with Crippen LogP contribution in [0.25, 0.3) is 0 Å². The first kappa shape index (κ1) is 15.9. The minimum absolute atomic E-state index is 0.364. The zero-order valence-corrected chi connectivity index (χ0v) is 14.5. The van der Waals surface area contributed by atoms with E-state index < -0.39 is 8.07 Å². The number of hydrogen-bond donors (Lipinski definition) is 0. The van der Waals surface area contributed by atoms with Crippen molar-refractivity contribution in [3.63, 3.8) is 0 Å². The molecular weight excluding hydrogens is 297 g/mol. The van der Waals surface area contributed by atoms with Gasteiger partial charge in [-0.05, 0) is 30.1 Å². The van der Waals surface area contributed by atoms with E-state index in [0.29, 0.717) is 6.04 Å². The highest BCUT2D eigenvalue weighted by Crippen LogP contribution is 2.42. The molecule has 0 aromatic heterocycles. The van der Waals surface area contributed by atoms with Crippen LogP contribution >= 0.6 is 8.07 Å². The molecule has 0 spiro atoms. The van der Waals surface area contributed by atoms with Crippen LogP contribution in [0, 0.1) is 0 Å². The lowest BCUT2D eigenvalue weighted by atomic mass is 10.1. The number of rotatable bonds is 5. The molecule has 23 heavy (non-hydrogen) atoms. The van der Waals surface area contributed by atoms with Gasteiger partial charge in [-0.1, -0.05) is 91.0 Å². The molecule has 0 aliphatic rings. The normalized spacial score (nSPS) is 12.5. The maximum absolute atomic E-state index is 2.51. The molecule has 0 N–H and O–H groups in total. The summed E-state index contributed by atoms with van der Waals surface area (Å²) in [5.74, 6) is 0. The first-order valence-electron chi connectivity index (χ1n) is 7.95. The standard InChI is InChI=1S/C21H22NP/c1-18(19-12-6-3-7-13-19)22(2)23(20-14-8-4-9-15-20)21-16-10-5-11-17-21/h3-18H,1-2H3. The second-order valence-electron chi connectivity index (χ2n) is 5.64. The Kier molecular flexibility index (Phi) is 5.23. The van der Waals surface area contributed by atoms with E-state index in [2.05, 4.69) is 110 Å². The van der Waals surface area contributed by atoms with E-state index in [1.54, 1.807) is 0 Å². The molecule has 0 saturated carbocycles. The lowest BCUT2D eigenvalue weighted by Gasteiger charge is -2.34. The third-order valence-electron chi connectivity index (χ3n) is 4.16. The van der Waals surface area contributed by atoms with Gasteiger partial charge >= 0.3 is 0 Å². The topological polar surface area (TPSA) is 3.24 Å². The van der Waals surface area contributed by atoms with Crippen molar-refractivity contribution in [2.24, 2.45) is 0 Å². The van der Waals surface area contributed by atoms with Crippen molar-refractivity contribution in [2.75, 3.05) is 7.05 Å². The lowest BCUT2D eigenvalue weighted by Crippen LogP contribution is -2.27. The maximum atomic E-state index is 2.51. The Morgan fingerprint density at radius 2 is 1.04 bits per heavy atom. The lowest BCUT2D eigenvalue weighted by molar-refractivity contribution is 0.444. The van der Waals surface area contributed by atoms with Crippen LogP contribution < -0.4 is 10.6 Å². The molecule has 3 aromatic carbocycles. The van der Waals surface area contributed by atoms with E-state index >= 15 is 0 Å². The first-order chi connectivity index (χ1) is 11.3. The van der Waals surface area contributed by atoms with Crippen LogP contribution in [-0.2, 0) is 0 Å². The maximum Gasteiger partial charge on any atom is 0.0359 e. The van der Waals surface area contributed by atoms with Crippen LogP contribution in [0.1, 0.15) is 18.5 Å². The van der Waals surface area contributed by atoms with Gasteiger partial charge in [0.1, 0.15) is 0 Å². The molecule has 0 heterocycles. The van der Waals surface area contributed by atoms with Crippen molar-refractivity contribution in [2.45, 2.75) is 13.0 Å². The molecule has 3 aromatic rings. The van der Waals surface area contributed by atoms with Crippen LogP contribution in [-0.4, -0.2) is 11.7 Å². The molecule has 0 bridgehead atoms. The molecule has 116 valence electrons. The molecule has 0 saturated heterocycles. The molecule has 0 fully saturated rings. The predicted octanol–water partition coefficient (Wildman–Crippen LogP) is 4.73. The average molecular weight is 319 g/mol. The van der Waals surface area contributed by atoms with Crippen molar-refractivity contribution in [1.29, 1.82) is 0 Å². The summed E-state index contributed by atoms with van der Waals surface area (Å²) < 4.78 is 2.51.